The van der Waals surface area contributed by atoms with E-state index in [2.05, 4.69) is 15.5 Å². The van der Waals surface area contributed by atoms with Crippen LogP contribution in [0.1, 0.15) is 29.1 Å². The molecule has 0 saturated carbocycles. The molecule has 0 spiro atoms. The number of aromatic nitrogens is 2. The molecule has 3 aromatic rings. The molecular weight excluding hydrogens is 432 g/mol. The van der Waals surface area contributed by atoms with Crippen molar-refractivity contribution < 1.29 is 13.2 Å². The van der Waals surface area contributed by atoms with Gasteiger partial charge in [-0.3, -0.25) is 9.89 Å². The summed E-state index contributed by atoms with van der Waals surface area (Å²) in [6, 6.07) is 10.4. The molecule has 0 fully saturated rings. The van der Waals surface area contributed by atoms with Gasteiger partial charge in [0.1, 0.15) is 4.21 Å². The molecule has 0 radical (unpaired) electrons. The van der Waals surface area contributed by atoms with Crippen LogP contribution < -0.4 is 5.32 Å². The summed E-state index contributed by atoms with van der Waals surface area (Å²) >= 11 is 7.07. The van der Waals surface area contributed by atoms with Gasteiger partial charge in [0.2, 0.25) is 0 Å². The van der Waals surface area contributed by atoms with Crippen molar-refractivity contribution in [3.05, 3.63) is 58.1 Å². The minimum absolute atomic E-state index is 0.225. The van der Waals surface area contributed by atoms with Gasteiger partial charge in [0.15, 0.2) is 0 Å². The molecule has 0 aliphatic carbocycles. The fraction of sp³-hybridized carbons (Fsp3) is 0.263. The zero-order valence-electron chi connectivity index (χ0n) is 16.0. The average molecular weight is 453 g/mol. The monoisotopic (exact) mass is 452 g/mol. The molecular formula is C19H21ClN4O3S2. The Morgan fingerprint density at radius 2 is 1.86 bits per heavy atom. The Morgan fingerprint density at radius 3 is 2.52 bits per heavy atom. The molecule has 3 rings (SSSR count). The second kappa shape index (κ2) is 9.08. The van der Waals surface area contributed by atoms with Crippen LogP contribution in [-0.2, 0) is 16.6 Å². The lowest BCUT2D eigenvalue weighted by Gasteiger charge is -2.16. The van der Waals surface area contributed by atoms with Crippen LogP contribution in [0.25, 0.3) is 11.3 Å². The van der Waals surface area contributed by atoms with E-state index in [4.69, 9.17) is 11.6 Å². The summed E-state index contributed by atoms with van der Waals surface area (Å²) in [6.45, 7) is 4.66. The third-order valence-electron chi connectivity index (χ3n) is 4.38. The highest BCUT2D eigenvalue weighted by atomic mass is 35.5. The molecule has 0 atom stereocenters. The number of carbonyl (C=O) groups is 1. The predicted molar refractivity (Wildman–Crippen MR) is 115 cm³/mol. The van der Waals surface area contributed by atoms with Gasteiger partial charge < -0.3 is 5.32 Å². The van der Waals surface area contributed by atoms with Gasteiger partial charge in [0.25, 0.3) is 15.9 Å². The van der Waals surface area contributed by atoms with Crippen LogP contribution in [0.15, 0.2) is 46.8 Å². The molecule has 0 bridgehead atoms. The molecule has 7 nitrogen and oxygen atoms in total. The van der Waals surface area contributed by atoms with E-state index in [0.717, 1.165) is 21.8 Å². The SMILES string of the molecule is CCN(CC)S(=O)(=O)c1ccc(CNC(=O)c2cn[nH]c2-c2ccc(Cl)cc2)s1. The molecule has 0 saturated heterocycles. The van der Waals surface area contributed by atoms with Crippen molar-refractivity contribution in [2.75, 3.05) is 13.1 Å². The van der Waals surface area contributed by atoms with E-state index in [1.54, 1.807) is 50.2 Å². The second-order valence-corrected chi connectivity index (χ2v) is 9.93. The minimum Gasteiger partial charge on any atom is -0.347 e. The Morgan fingerprint density at radius 1 is 1.17 bits per heavy atom. The number of amides is 1. The fourth-order valence-electron chi connectivity index (χ4n) is 2.84. The first-order valence-electron chi connectivity index (χ1n) is 9.03. The number of hydrogen-bond acceptors (Lipinski definition) is 5. The van der Waals surface area contributed by atoms with Gasteiger partial charge in [-0.15, -0.1) is 11.3 Å². The van der Waals surface area contributed by atoms with E-state index in [9.17, 15) is 13.2 Å². The Balaban J connectivity index is 1.71. The summed E-state index contributed by atoms with van der Waals surface area (Å²) < 4.78 is 26.9. The van der Waals surface area contributed by atoms with Crippen LogP contribution in [0, 0.1) is 0 Å². The summed E-state index contributed by atoms with van der Waals surface area (Å²) in [7, 11) is -3.50. The Bertz CT molecular complexity index is 1090. The average Bonchev–Trinajstić information content (AvgIpc) is 3.37. The highest BCUT2D eigenvalue weighted by molar-refractivity contribution is 7.91. The van der Waals surface area contributed by atoms with Crippen molar-refractivity contribution in [2.24, 2.45) is 0 Å². The molecule has 0 aliphatic rings. The lowest BCUT2D eigenvalue weighted by atomic mass is 10.1. The maximum atomic E-state index is 12.6. The second-order valence-electron chi connectivity index (χ2n) is 6.16. The number of nitrogens with one attached hydrogen (secondary N) is 2. The molecule has 10 heteroatoms. The fourth-order valence-corrected chi connectivity index (χ4v) is 5.87. The Hall–Kier alpha value is -2.20. The zero-order chi connectivity index (χ0) is 21.0. The zero-order valence-corrected chi connectivity index (χ0v) is 18.4. The normalized spacial score (nSPS) is 11.7. The number of rotatable bonds is 8. The van der Waals surface area contributed by atoms with E-state index < -0.39 is 10.0 Å². The summed E-state index contributed by atoms with van der Waals surface area (Å²) in [5.74, 6) is -0.301. The highest BCUT2D eigenvalue weighted by Gasteiger charge is 2.23. The molecule has 2 aromatic heterocycles. The summed E-state index contributed by atoms with van der Waals surface area (Å²) in [6.07, 6.45) is 1.46. The van der Waals surface area contributed by atoms with E-state index >= 15 is 0 Å². The molecule has 2 heterocycles. The van der Waals surface area contributed by atoms with Crippen molar-refractivity contribution in [3.63, 3.8) is 0 Å². The summed E-state index contributed by atoms with van der Waals surface area (Å²) in [5, 5.41) is 10.2. The number of halogens is 1. The quantitative estimate of drug-likeness (QED) is 0.544. The van der Waals surface area contributed by atoms with E-state index in [0.29, 0.717) is 29.4 Å². The number of benzene rings is 1. The number of carbonyl (C=O) groups excluding carboxylic acids is 1. The van der Waals surface area contributed by atoms with E-state index in [-0.39, 0.29) is 16.7 Å². The molecule has 0 unspecified atom stereocenters. The molecule has 1 aromatic carbocycles. The van der Waals surface area contributed by atoms with Gasteiger partial charge in [-0.05, 0) is 24.3 Å². The number of sulfonamides is 1. The number of hydrogen-bond donors (Lipinski definition) is 2. The Labute approximate surface area is 178 Å². The van der Waals surface area contributed by atoms with E-state index in [1.807, 2.05) is 0 Å². The van der Waals surface area contributed by atoms with Crippen LogP contribution in [0.4, 0.5) is 0 Å². The molecule has 154 valence electrons. The van der Waals surface area contributed by atoms with Crippen LogP contribution in [0.2, 0.25) is 5.02 Å². The standard InChI is InChI=1S/C19H21ClN4O3S2/c1-3-24(4-2)29(26,27)17-10-9-15(28-17)11-21-19(25)16-12-22-23-18(16)13-5-7-14(20)8-6-13/h5-10,12H,3-4,11H2,1-2H3,(H,21,25)(H,22,23). The minimum atomic E-state index is -3.50. The molecule has 29 heavy (non-hydrogen) atoms. The predicted octanol–water partition coefficient (Wildman–Crippen LogP) is 3.75. The van der Waals surface area contributed by atoms with Crippen molar-refractivity contribution in [3.8, 4) is 11.3 Å². The lowest BCUT2D eigenvalue weighted by Crippen LogP contribution is -2.30. The van der Waals surface area contributed by atoms with Gasteiger partial charge in [0.05, 0.1) is 24.0 Å². The third-order valence-corrected chi connectivity index (χ3v) is 8.23. The lowest BCUT2D eigenvalue weighted by molar-refractivity contribution is 0.0952. The Kier molecular flexibility index (Phi) is 6.74. The third kappa shape index (κ3) is 4.69. The van der Waals surface area contributed by atoms with Gasteiger partial charge in [-0.1, -0.05) is 37.6 Å². The molecule has 1 amide bonds. The van der Waals surface area contributed by atoms with Gasteiger partial charge in [0, 0.05) is 28.6 Å². The topological polar surface area (TPSA) is 95.2 Å². The highest BCUT2D eigenvalue weighted by Crippen LogP contribution is 2.26. The van der Waals surface area contributed by atoms with Gasteiger partial charge >= 0.3 is 0 Å². The maximum absolute atomic E-state index is 12.6. The van der Waals surface area contributed by atoms with Crippen LogP contribution in [-0.4, -0.2) is 41.9 Å². The van der Waals surface area contributed by atoms with Crippen LogP contribution in [0.3, 0.4) is 0 Å². The molecule has 2 N–H and O–H groups in total. The van der Waals surface area contributed by atoms with Crippen LogP contribution >= 0.6 is 22.9 Å². The van der Waals surface area contributed by atoms with E-state index in [1.165, 1.54) is 10.5 Å². The molecule has 0 aliphatic heterocycles. The maximum Gasteiger partial charge on any atom is 0.255 e. The largest absolute Gasteiger partial charge is 0.347 e. The number of aromatic amines is 1. The van der Waals surface area contributed by atoms with Gasteiger partial charge in [-0.2, -0.15) is 9.40 Å². The number of nitrogens with zero attached hydrogens (tertiary/aromatic N) is 2. The number of thiophene rings is 1. The first kappa shape index (κ1) is 21.5. The number of H-pyrrole nitrogens is 1. The smallest absolute Gasteiger partial charge is 0.255 e. The summed E-state index contributed by atoms with van der Waals surface area (Å²) in [4.78, 5) is 13.4. The van der Waals surface area contributed by atoms with Crippen LogP contribution in [0.5, 0.6) is 0 Å². The van der Waals surface area contributed by atoms with Gasteiger partial charge in [-0.25, -0.2) is 8.42 Å². The first-order valence-corrected chi connectivity index (χ1v) is 11.7. The van der Waals surface area contributed by atoms with Crippen molar-refractivity contribution >= 4 is 38.9 Å². The van der Waals surface area contributed by atoms with Crippen molar-refractivity contribution in [1.29, 1.82) is 0 Å². The van der Waals surface area contributed by atoms with Crippen molar-refractivity contribution in [2.45, 2.75) is 24.6 Å². The summed E-state index contributed by atoms with van der Waals surface area (Å²) in [5.41, 5.74) is 1.79. The first-order chi connectivity index (χ1) is 13.9. The van der Waals surface area contributed by atoms with Crippen molar-refractivity contribution in [1.82, 2.24) is 19.8 Å².